The Hall–Kier alpha value is -1.32. The first kappa shape index (κ1) is 14.6. The molecule has 2 unspecified atom stereocenters. The first-order chi connectivity index (χ1) is 9.97. The second kappa shape index (κ2) is 5.47. The third-order valence-corrected chi connectivity index (χ3v) is 5.01. The number of alkyl halides is 3. The maximum absolute atomic E-state index is 13.1. The summed E-state index contributed by atoms with van der Waals surface area (Å²) in [6.45, 7) is 0. The van der Waals surface area contributed by atoms with Gasteiger partial charge in [-0.1, -0.05) is 37.1 Å². The van der Waals surface area contributed by atoms with E-state index in [1.807, 2.05) is 24.3 Å². The minimum Gasteiger partial charge on any atom is -0.299 e. The van der Waals surface area contributed by atoms with Gasteiger partial charge in [0.05, 0.1) is 5.92 Å². The second-order valence-corrected chi connectivity index (χ2v) is 6.32. The molecule has 0 heterocycles. The van der Waals surface area contributed by atoms with Crippen LogP contribution in [0.1, 0.15) is 36.8 Å². The molecule has 0 N–H and O–H groups in total. The summed E-state index contributed by atoms with van der Waals surface area (Å²) in [5.74, 6) is -2.66. The average molecular weight is 296 g/mol. The van der Waals surface area contributed by atoms with Crippen molar-refractivity contribution >= 4 is 5.78 Å². The number of carbonyl (C=O) groups excluding carboxylic acids is 1. The van der Waals surface area contributed by atoms with Gasteiger partial charge in [-0.25, -0.2) is 0 Å². The molecule has 1 aromatic rings. The summed E-state index contributed by atoms with van der Waals surface area (Å²) in [7, 11) is 0. The number of carbonyl (C=O) groups is 1. The largest absolute Gasteiger partial charge is 0.392 e. The average Bonchev–Trinajstić information content (AvgIpc) is 2.89. The molecule has 0 radical (unpaired) electrons. The van der Waals surface area contributed by atoms with Gasteiger partial charge in [0.1, 0.15) is 5.78 Å². The van der Waals surface area contributed by atoms with Crippen molar-refractivity contribution in [3.8, 4) is 0 Å². The van der Waals surface area contributed by atoms with Gasteiger partial charge < -0.3 is 0 Å². The first-order valence-electron chi connectivity index (χ1n) is 7.64. The lowest BCUT2D eigenvalue weighted by molar-refractivity contribution is -0.198. The molecule has 4 heteroatoms. The number of hydrogen-bond donors (Lipinski definition) is 0. The number of benzene rings is 1. The van der Waals surface area contributed by atoms with Gasteiger partial charge in [-0.3, -0.25) is 4.79 Å². The van der Waals surface area contributed by atoms with Crippen LogP contribution in [0.25, 0.3) is 0 Å². The highest BCUT2D eigenvalue weighted by Gasteiger charge is 2.49. The molecule has 2 atom stereocenters. The fourth-order valence-corrected chi connectivity index (χ4v) is 3.93. The Morgan fingerprint density at radius 3 is 2.14 bits per heavy atom. The summed E-state index contributed by atoms with van der Waals surface area (Å²) < 4.78 is 39.4. The Labute approximate surface area is 122 Å². The maximum Gasteiger partial charge on any atom is 0.392 e. The van der Waals surface area contributed by atoms with E-state index in [4.69, 9.17) is 0 Å². The van der Waals surface area contributed by atoms with Crippen LogP contribution in [0.4, 0.5) is 13.2 Å². The fourth-order valence-electron chi connectivity index (χ4n) is 3.93. The molecule has 0 spiro atoms. The van der Waals surface area contributed by atoms with Gasteiger partial charge in [0, 0.05) is 11.8 Å². The highest BCUT2D eigenvalue weighted by atomic mass is 19.4. The van der Waals surface area contributed by atoms with Crippen LogP contribution >= 0.6 is 0 Å². The second-order valence-electron chi connectivity index (χ2n) is 6.32. The highest BCUT2D eigenvalue weighted by molar-refractivity contribution is 5.85. The topological polar surface area (TPSA) is 17.1 Å². The third kappa shape index (κ3) is 2.85. The molecule has 1 fully saturated rings. The van der Waals surface area contributed by atoms with E-state index in [0.717, 1.165) is 17.5 Å². The lowest BCUT2D eigenvalue weighted by atomic mass is 9.73. The quantitative estimate of drug-likeness (QED) is 0.793. The minimum atomic E-state index is -4.24. The van der Waals surface area contributed by atoms with E-state index in [1.54, 1.807) is 0 Å². The van der Waals surface area contributed by atoms with Crippen LogP contribution in [-0.2, 0) is 17.6 Å². The first-order valence-corrected chi connectivity index (χ1v) is 7.64. The standard InChI is InChI=1S/C17H19F3O/c18-17(19,20)15-8-4-3-7-14(15)16(21)13-9-11-5-1-2-6-12(11)10-13/h1-2,5-6,13-15H,3-4,7-10H2. The van der Waals surface area contributed by atoms with Crippen LogP contribution in [0.2, 0.25) is 0 Å². The van der Waals surface area contributed by atoms with Gasteiger partial charge in [0.15, 0.2) is 0 Å². The molecule has 1 aromatic carbocycles. The van der Waals surface area contributed by atoms with Crippen LogP contribution in [0.15, 0.2) is 24.3 Å². The highest BCUT2D eigenvalue weighted by Crippen LogP contribution is 2.44. The summed E-state index contributed by atoms with van der Waals surface area (Å²) >= 11 is 0. The Balaban J connectivity index is 1.76. The molecule has 1 nitrogen and oxygen atoms in total. The van der Waals surface area contributed by atoms with E-state index in [0.29, 0.717) is 25.7 Å². The van der Waals surface area contributed by atoms with E-state index in [1.165, 1.54) is 0 Å². The number of ketones is 1. The minimum absolute atomic E-state index is 0.111. The molecular formula is C17H19F3O. The van der Waals surface area contributed by atoms with Crippen LogP contribution in [0.3, 0.4) is 0 Å². The van der Waals surface area contributed by atoms with Gasteiger partial charge in [-0.15, -0.1) is 0 Å². The summed E-state index contributed by atoms with van der Waals surface area (Å²) in [5.41, 5.74) is 2.24. The zero-order valence-electron chi connectivity index (χ0n) is 11.8. The molecule has 3 rings (SSSR count). The number of rotatable bonds is 2. The van der Waals surface area contributed by atoms with Crippen LogP contribution in [0, 0.1) is 17.8 Å². The van der Waals surface area contributed by atoms with E-state index in [9.17, 15) is 18.0 Å². The molecule has 114 valence electrons. The summed E-state index contributed by atoms with van der Waals surface area (Å²) in [5, 5.41) is 0. The van der Waals surface area contributed by atoms with Crippen molar-refractivity contribution in [2.45, 2.75) is 44.7 Å². The molecule has 0 amide bonds. The molecule has 0 bridgehead atoms. The Morgan fingerprint density at radius 2 is 1.57 bits per heavy atom. The van der Waals surface area contributed by atoms with Crippen molar-refractivity contribution in [3.63, 3.8) is 0 Å². The molecule has 1 saturated carbocycles. The predicted octanol–water partition coefficient (Wildman–Crippen LogP) is 4.34. The zero-order valence-corrected chi connectivity index (χ0v) is 11.8. The Bertz CT molecular complexity index is 510. The molecule has 0 aromatic heterocycles. The van der Waals surface area contributed by atoms with Crippen LogP contribution in [0.5, 0.6) is 0 Å². The van der Waals surface area contributed by atoms with E-state index >= 15 is 0 Å². The fraction of sp³-hybridized carbons (Fsp3) is 0.588. The molecule has 0 saturated heterocycles. The van der Waals surface area contributed by atoms with Crippen molar-refractivity contribution < 1.29 is 18.0 Å². The zero-order chi connectivity index (χ0) is 15.0. The summed E-state index contributed by atoms with van der Waals surface area (Å²) in [6.07, 6.45) is -1.20. The SMILES string of the molecule is O=C(C1Cc2ccccc2C1)C1CCCCC1C(F)(F)F. The normalized spacial score (nSPS) is 26.6. The van der Waals surface area contributed by atoms with E-state index in [2.05, 4.69) is 0 Å². The van der Waals surface area contributed by atoms with Gasteiger partial charge in [0.2, 0.25) is 0 Å². The third-order valence-electron chi connectivity index (χ3n) is 5.01. The molecule has 2 aliphatic rings. The van der Waals surface area contributed by atoms with Crippen LogP contribution < -0.4 is 0 Å². The lowest BCUT2D eigenvalue weighted by Gasteiger charge is -2.33. The Morgan fingerprint density at radius 1 is 1.00 bits per heavy atom. The van der Waals surface area contributed by atoms with Crippen molar-refractivity contribution in [2.24, 2.45) is 17.8 Å². The van der Waals surface area contributed by atoms with Crippen molar-refractivity contribution in [1.29, 1.82) is 0 Å². The van der Waals surface area contributed by atoms with Crippen molar-refractivity contribution in [1.82, 2.24) is 0 Å². The molecular weight excluding hydrogens is 277 g/mol. The summed E-state index contributed by atoms with van der Waals surface area (Å²) in [4.78, 5) is 12.6. The van der Waals surface area contributed by atoms with Crippen molar-refractivity contribution in [2.75, 3.05) is 0 Å². The summed E-state index contributed by atoms with van der Waals surface area (Å²) in [6, 6.07) is 7.80. The van der Waals surface area contributed by atoms with E-state index < -0.39 is 18.0 Å². The lowest BCUT2D eigenvalue weighted by Crippen LogP contribution is -2.39. The van der Waals surface area contributed by atoms with Gasteiger partial charge in [0.25, 0.3) is 0 Å². The van der Waals surface area contributed by atoms with E-state index in [-0.39, 0.29) is 18.1 Å². The van der Waals surface area contributed by atoms with Crippen molar-refractivity contribution in [3.05, 3.63) is 35.4 Å². The number of Topliss-reactive ketones (excluding diaryl/α,β-unsaturated/α-hetero) is 1. The van der Waals surface area contributed by atoms with Gasteiger partial charge >= 0.3 is 6.18 Å². The smallest absolute Gasteiger partial charge is 0.299 e. The predicted molar refractivity (Wildman–Crippen MR) is 73.9 cm³/mol. The van der Waals surface area contributed by atoms with Gasteiger partial charge in [-0.05, 0) is 36.8 Å². The maximum atomic E-state index is 13.1. The molecule has 0 aliphatic heterocycles. The molecule has 21 heavy (non-hydrogen) atoms. The monoisotopic (exact) mass is 296 g/mol. The number of halogens is 3. The molecule has 2 aliphatic carbocycles. The number of hydrogen-bond acceptors (Lipinski definition) is 1. The van der Waals surface area contributed by atoms with Gasteiger partial charge in [-0.2, -0.15) is 13.2 Å². The number of fused-ring (bicyclic) bond motifs is 1. The van der Waals surface area contributed by atoms with Crippen LogP contribution in [-0.4, -0.2) is 12.0 Å². The Kier molecular flexibility index (Phi) is 3.80.